The number of carboxylic acid groups (broad SMARTS) is 1. The molecule has 5 nitrogen and oxygen atoms in total. The van der Waals surface area contributed by atoms with Crippen LogP contribution in [0.2, 0.25) is 0 Å². The Balaban J connectivity index is 1.99. The quantitative estimate of drug-likeness (QED) is 0.681. The molecule has 1 aromatic carbocycles. The molecule has 5 heteroatoms. The van der Waals surface area contributed by atoms with E-state index < -0.39 is 5.97 Å². The fraction of sp³-hybridized carbons (Fsp3) is 0.200. The van der Waals surface area contributed by atoms with Crippen LogP contribution < -0.4 is 0 Å². The highest BCUT2D eigenvalue weighted by Crippen LogP contribution is 2.31. The van der Waals surface area contributed by atoms with E-state index in [0.29, 0.717) is 6.42 Å². The molecule has 20 heavy (non-hydrogen) atoms. The lowest BCUT2D eigenvalue weighted by Crippen LogP contribution is -1.97. The molecule has 0 saturated carbocycles. The van der Waals surface area contributed by atoms with Crippen molar-refractivity contribution in [2.75, 3.05) is 0 Å². The Morgan fingerprint density at radius 2 is 2.15 bits per heavy atom. The van der Waals surface area contributed by atoms with Gasteiger partial charge in [-0.25, -0.2) is 0 Å². The second-order valence-corrected chi connectivity index (χ2v) is 4.84. The zero-order chi connectivity index (χ0) is 14.1. The number of benzene rings is 1. The molecule has 0 radical (unpaired) electrons. The van der Waals surface area contributed by atoms with Crippen molar-refractivity contribution < 1.29 is 9.90 Å². The molecule has 3 aromatic rings. The van der Waals surface area contributed by atoms with Crippen molar-refractivity contribution in [3.05, 3.63) is 41.7 Å². The van der Waals surface area contributed by atoms with E-state index >= 15 is 0 Å². The second kappa shape index (κ2) is 4.85. The third-order valence-corrected chi connectivity index (χ3v) is 3.39. The Bertz CT molecular complexity index is 770. The molecule has 0 aliphatic carbocycles. The van der Waals surface area contributed by atoms with Crippen LogP contribution in [0.4, 0.5) is 0 Å². The van der Waals surface area contributed by atoms with Gasteiger partial charge < -0.3 is 10.1 Å². The molecule has 0 unspecified atom stereocenters. The number of rotatable bonds is 4. The average Bonchev–Trinajstić information content (AvgIpc) is 2.99. The number of hydrogen-bond donors (Lipinski definition) is 3. The zero-order valence-corrected chi connectivity index (χ0v) is 11.1. The summed E-state index contributed by atoms with van der Waals surface area (Å²) in [5.41, 5.74) is 4.89. The topological polar surface area (TPSA) is 81.8 Å². The maximum Gasteiger partial charge on any atom is 0.303 e. The van der Waals surface area contributed by atoms with Gasteiger partial charge in [-0.2, -0.15) is 5.10 Å². The first-order valence-electron chi connectivity index (χ1n) is 6.49. The van der Waals surface area contributed by atoms with Gasteiger partial charge >= 0.3 is 5.97 Å². The summed E-state index contributed by atoms with van der Waals surface area (Å²) in [6.45, 7) is 2.01. The Hall–Kier alpha value is -2.56. The number of H-pyrrole nitrogens is 2. The number of nitrogens with one attached hydrogen (secondary N) is 2. The van der Waals surface area contributed by atoms with Gasteiger partial charge in [0.25, 0.3) is 0 Å². The fourth-order valence-electron chi connectivity index (χ4n) is 2.47. The van der Waals surface area contributed by atoms with Crippen LogP contribution >= 0.6 is 0 Å². The molecule has 2 heterocycles. The Morgan fingerprint density at radius 1 is 1.35 bits per heavy atom. The largest absolute Gasteiger partial charge is 0.481 e. The molecule has 0 atom stereocenters. The number of hydrogen-bond acceptors (Lipinski definition) is 2. The standard InChI is InChI=1S/C15H15N3O2/c1-9-15(11-4-2-3-5-12(11)16-9)13-8-10(17-18-13)6-7-14(19)20/h2-5,8,16H,6-7H2,1H3,(H,17,18)(H,19,20). The summed E-state index contributed by atoms with van der Waals surface area (Å²) in [4.78, 5) is 13.9. The summed E-state index contributed by atoms with van der Waals surface area (Å²) in [5.74, 6) is -0.801. The van der Waals surface area contributed by atoms with Gasteiger partial charge in [0.2, 0.25) is 0 Å². The van der Waals surface area contributed by atoms with Gasteiger partial charge in [0.1, 0.15) is 0 Å². The van der Waals surface area contributed by atoms with Crippen molar-refractivity contribution in [1.29, 1.82) is 0 Å². The number of carbonyl (C=O) groups is 1. The van der Waals surface area contributed by atoms with E-state index in [1.165, 1.54) is 0 Å². The summed E-state index contributed by atoms with van der Waals surface area (Å²) in [6.07, 6.45) is 0.568. The Morgan fingerprint density at radius 3 is 2.95 bits per heavy atom. The molecule has 0 spiro atoms. The lowest BCUT2D eigenvalue weighted by atomic mass is 10.1. The van der Waals surface area contributed by atoms with Crippen molar-refractivity contribution in [1.82, 2.24) is 15.2 Å². The van der Waals surface area contributed by atoms with Crippen LogP contribution in [-0.4, -0.2) is 26.3 Å². The highest BCUT2D eigenvalue weighted by molar-refractivity contribution is 5.96. The van der Waals surface area contributed by atoms with Crippen LogP contribution in [0.5, 0.6) is 0 Å². The van der Waals surface area contributed by atoms with Crippen LogP contribution in [0.15, 0.2) is 30.3 Å². The monoisotopic (exact) mass is 269 g/mol. The SMILES string of the molecule is Cc1[nH]c2ccccc2c1-c1cc(CCC(=O)O)[nH]n1. The first kappa shape index (κ1) is 12.5. The fourth-order valence-corrected chi connectivity index (χ4v) is 2.47. The van der Waals surface area contributed by atoms with Crippen molar-refractivity contribution >= 4 is 16.9 Å². The molecule has 102 valence electrons. The maximum absolute atomic E-state index is 10.6. The third-order valence-electron chi connectivity index (χ3n) is 3.39. The number of aryl methyl sites for hydroxylation is 2. The number of para-hydroxylation sites is 1. The summed E-state index contributed by atoms with van der Waals surface area (Å²) in [5, 5.41) is 17.1. The molecule has 0 aliphatic rings. The molecule has 0 saturated heterocycles. The molecule has 0 amide bonds. The summed E-state index contributed by atoms with van der Waals surface area (Å²) in [6, 6.07) is 10.00. The molecule has 0 aliphatic heterocycles. The van der Waals surface area contributed by atoms with E-state index in [2.05, 4.69) is 21.2 Å². The third kappa shape index (κ3) is 2.18. The van der Waals surface area contributed by atoms with Crippen LogP contribution in [0.3, 0.4) is 0 Å². The molecule has 3 rings (SSSR count). The number of nitrogens with zero attached hydrogens (tertiary/aromatic N) is 1. The van der Waals surface area contributed by atoms with E-state index in [1.807, 2.05) is 31.2 Å². The summed E-state index contributed by atoms with van der Waals surface area (Å²) < 4.78 is 0. The van der Waals surface area contributed by atoms with Crippen molar-refractivity contribution in [3.8, 4) is 11.3 Å². The number of carboxylic acids is 1. The number of aromatic amines is 2. The molecule has 2 aromatic heterocycles. The van der Waals surface area contributed by atoms with Crippen molar-refractivity contribution in [2.24, 2.45) is 0 Å². The lowest BCUT2D eigenvalue weighted by molar-refractivity contribution is -0.136. The molecule has 0 fully saturated rings. The molecular weight excluding hydrogens is 254 g/mol. The van der Waals surface area contributed by atoms with Crippen LogP contribution in [0.25, 0.3) is 22.2 Å². The average molecular weight is 269 g/mol. The predicted molar refractivity (Wildman–Crippen MR) is 76.6 cm³/mol. The molecular formula is C15H15N3O2. The van der Waals surface area contributed by atoms with E-state index in [0.717, 1.165) is 33.5 Å². The minimum atomic E-state index is -0.801. The van der Waals surface area contributed by atoms with Crippen molar-refractivity contribution in [2.45, 2.75) is 19.8 Å². The minimum absolute atomic E-state index is 0.106. The summed E-state index contributed by atoms with van der Waals surface area (Å²) in [7, 11) is 0. The highest BCUT2D eigenvalue weighted by atomic mass is 16.4. The zero-order valence-electron chi connectivity index (χ0n) is 11.1. The van der Waals surface area contributed by atoms with Gasteiger partial charge in [-0.15, -0.1) is 0 Å². The van der Waals surface area contributed by atoms with E-state index in [4.69, 9.17) is 5.11 Å². The second-order valence-electron chi connectivity index (χ2n) is 4.84. The highest BCUT2D eigenvalue weighted by Gasteiger charge is 2.13. The Kier molecular flexibility index (Phi) is 3.02. The maximum atomic E-state index is 10.6. The van der Waals surface area contributed by atoms with E-state index in [9.17, 15) is 4.79 Å². The van der Waals surface area contributed by atoms with E-state index in [-0.39, 0.29) is 6.42 Å². The normalized spacial score (nSPS) is 11.1. The molecule has 0 bridgehead atoms. The first-order valence-corrected chi connectivity index (χ1v) is 6.49. The first-order chi connectivity index (χ1) is 9.65. The summed E-state index contributed by atoms with van der Waals surface area (Å²) >= 11 is 0. The smallest absolute Gasteiger partial charge is 0.303 e. The van der Waals surface area contributed by atoms with E-state index in [1.54, 1.807) is 0 Å². The minimum Gasteiger partial charge on any atom is -0.481 e. The van der Waals surface area contributed by atoms with Gasteiger partial charge in [-0.3, -0.25) is 9.89 Å². The van der Waals surface area contributed by atoms with Gasteiger partial charge in [0.15, 0.2) is 0 Å². The van der Waals surface area contributed by atoms with Gasteiger partial charge in [0, 0.05) is 27.9 Å². The van der Waals surface area contributed by atoms with Crippen LogP contribution in [0.1, 0.15) is 17.8 Å². The van der Waals surface area contributed by atoms with Crippen LogP contribution in [0, 0.1) is 6.92 Å². The molecule has 3 N–H and O–H groups in total. The number of aromatic nitrogens is 3. The number of aliphatic carboxylic acids is 1. The van der Waals surface area contributed by atoms with Crippen molar-refractivity contribution in [3.63, 3.8) is 0 Å². The predicted octanol–water partition coefficient (Wildman–Crippen LogP) is 2.88. The van der Waals surface area contributed by atoms with Gasteiger partial charge in [-0.1, -0.05) is 18.2 Å². The Labute approximate surface area is 115 Å². The number of fused-ring (bicyclic) bond motifs is 1. The van der Waals surface area contributed by atoms with Gasteiger partial charge in [0.05, 0.1) is 12.1 Å². The lowest BCUT2D eigenvalue weighted by Gasteiger charge is -1.95. The van der Waals surface area contributed by atoms with Crippen LogP contribution in [-0.2, 0) is 11.2 Å². The van der Waals surface area contributed by atoms with Gasteiger partial charge in [-0.05, 0) is 25.5 Å².